The monoisotopic (exact) mass is 377 g/mol. The first-order valence-corrected chi connectivity index (χ1v) is 9.88. The molecule has 1 saturated heterocycles. The summed E-state index contributed by atoms with van der Waals surface area (Å²) in [7, 11) is 3.50. The van der Waals surface area contributed by atoms with E-state index in [4.69, 9.17) is 4.98 Å². The van der Waals surface area contributed by atoms with Crippen LogP contribution < -0.4 is 0 Å². The van der Waals surface area contributed by atoms with Gasteiger partial charge in [0.15, 0.2) is 0 Å². The molecule has 1 aromatic carbocycles. The molecule has 146 valence electrons. The van der Waals surface area contributed by atoms with Gasteiger partial charge in [-0.05, 0) is 55.5 Å². The van der Waals surface area contributed by atoms with Crippen molar-refractivity contribution < 1.29 is 4.79 Å². The Morgan fingerprint density at radius 3 is 2.93 bits per heavy atom. The lowest BCUT2D eigenvalue weighted by molar-refractivity contribution is 0.0825. The normalized spacial score (nSPS) is 17.8. The fourth-order valence-electron chi connectivity index (χ4n) is 4.00. The maximum Gasteiger partial charge on any atom is 0.256 e. The van der Waals surface area contributed by atoms with E-state index in [1.165, 1.54) is 29.3 Å². The van der Waals surface area contributed by atoms with E-state index in [1.54, 1.807) is 25.2 Å². The van der Waals surface area contributed by atoms with Crippen LogP contribution in [0.1, 0.15) is 52.7 Å². The maximum absolute atomic E-state index is 12.3. The molecule has 1 N–H and O–H groups in total. The number of aromatic nitrogens is 3. The van der Waals surface area contributed by atoms with Crippen molar-refractivity contribution in [3.05, 3.63) is 59.3 Å². The minimum atomic E-state index is -0.0515. The van der Waals surface area contributed by atoms with Crippen LogP contribution in [0, 0.1) is 6.92 Å². The largest absolute Gasteiger partial charge is 0.361 e. The fraction of sp³-hybridized carbons (Fsp3) is 0.409. The van der Waals surface area contributed by atoms with Crippen LogP contribution in [-0.2, 0) is 6.54 Å². The van der Waals surface area contributed by atoms with Crippen LogP contribution in [0.2, 0.25) is 0 Å². The number of likely N-dealkylation sites (tertiary alicyclic amines) is 1. The molecule has 1 aliphatic rings. The maximum atomic E-state index is 12.3. The molecular weight excluding hydrogens is 350 g/mol. The van der Waals surface area contributed by atoms with Crippen LogP contribution in [-0.4, -0.2) is 51.3 Å². The number of H-pyrrole nitrogens is 1. The highest BCUT2D eigenvalue weighted by molar-refractivity contribution is 5.94. The van der Waals surface area contributed by atoms with E-state index >= 15 is 0 Å². The summed E-state index contributed by atoms with van der Waals surface area (Å²) in [5, 5.41) is 1.24. The summed E-state index contributed by atoms with van der Waals surface area (Å²) >= 11 is 0. The Kier molecular flexibility index (Phi) is 5.13. The zero-order valence-electron chi connectivity index (χ0n) is 16.8. The summed E-state index contributed by atoms with van der Waals surface area (Å²) in [6.45, 7) is 3.82. The van der Waals surface area contributed by atoms with Gasteiger partial charge < -0.3 is 9.88 Å². The lowest BCUT2D eigenvalue weighted by Crippen LogP contribution is -2.34. The van der Waals surface area contributed by atoms with Crippen molar-refractivity contribution in [2.75, 3.05) is 20.6 Å². The summed E-state index contributed by atoms with van der Waals surface area (Å²) in [4.78, 5) is 28.9. The predicted molar refractivity (Wildman–Crippen MR) is 110 cm³/mol. The number of piperidine rings is 1. The average molecular weight is 377 g/mol. The average Bonchev–Trinajstić information content (AvgIpc) is 3.15. The van der Waals surface area contributed by atoms with E-state index in [0.717, 1.165) is 31.0 Å². The Labute approximate surface area is 165 Å². The standard InChI is InChI=1S/C22H27N5O/c1-15-18(22(28)26(2)3)13-24-21(25-15)20-6-4-5-11-27(20)14-16-7-8-19-17(12-16)9-10-23-19/h7-10,12-13,20,23H,4-6,11,14H2,1-3H3. The lowest BCUT2D eigenvalue weighted by atomic mass is 10.00. The second-order valence-corrected chi connectivity index (χ2v) is 7.81. The number of fused-ring (bicyclic) bond motifs is 1. The highest BCUT2D eigenvalue weighted by Gasteiger charge is 2.27. The number of carbonyl (C=O) groups excluding carboxylic acids is 1. The number of carbonyl (C=O) groups is 1. The van der Waals surface area contributed by atoms with Crippen LogP contribution in [0.4, 0.5) is 0 Å². The molecule has 0 aliphatic carbocycles. The van der Waals surface area contributed by atoms with E-state index in [2.05, 4.69) is 39.1 Å². The first kappa shape index (κ1) is 18.6. The second kappa shape index (κ2) is 7.72. The van der Waals surface area contributed by atoms with E-state index in [1.807, 2.05) is 13.1 Å². The number of aryl methyl sites for hydroxylation is 1. The molecule has 3 heterocycles. The molecule has 6 heteroatoms. The molecule has 1 atom stereocenters. The summed E-state index contributed by atoms with van der Waals surface area (Å²) in [6, 6.07) is 8.89. The summed E-state index contributed by atoms with van der Waals surface area (Å²) < 4.78 is 0. The zero-order valence-corrected chi connectivity index (χ0v) is 16.8. The molecule has 1 amide bonds. The van der Waals surface area contributed by atoms with E-state index < -0.39 is 0 Å². The molecule has 3 aromatic rings. The van der Waals surface area contributed by atoms with Gasteiger partial charge in [-0.25, -0.2) is 9.97 Å². The second-order valence-electron chi connectivity index (χ2n) is 7.81. The Hall–Kier alpha value is -2.73. The zero-order chi connectivity index (χ0) is 19.7. The van der Waals surface area contributed by atoms with Gasteiger partial charge in [-0.3, -0.25) is 9.69 Å². The third-order valence-electron chi connectivity index (χ3n) is 5.55. The van der Waals surface area contributed by atoms with Crippen molar-refractivity contribution in [2.45, 2.75) is 38.8 Å². The molecular formula is C22H27N5O. The van der Waals surface area contributed by atoms with Gasteiger partial charge in [0.1, 0.15) is 5.82 Å². The van der Waals surface area contributed by atoms with Crippen LogP contribution >= 0.6 is 0 Å². The van der Waals surface area contributed by atoms with Gasteiger partial charge in [0.25, 0.3) is 5.91 Å². The summed E-state index contributed by atoms with van der Waals surface area (Å²) in [5.41, 5.74) is 3.80. The minimum absolute atomic E-state index is 0.0515. The Morgan fingerprint density at radius 1 is 1.29 bits per heavy atom. The predicted octanol–water partition coefficient (Wildman–Crippen LogP) is 3.70. The van der Waals surface area contributed by atoms with Crippen LogP contribution in [0.15, 0.2) is 36.7 Å². The molecule has 2 aromatic heterocycles. The van der Waals surface area contributed by atoms with Crippen molar-refractivity contribution >= 4 is 16.8 Å². The molecule has 1 aliphatic heterocycles. The number of hydrogen-bond donors (Lipinski definition) is 1. The molecule has 0 spiro atoms. The van der Waals surface area contributed by atoms with Crippen LogP contribution in [0.3, 0.4) is 0 Å². The molecule has 4 rings (SSSR count). The van der Waals surface area contributed by atoms with E-state index in [-0.39, 0.29) is 11.9 Å². The molecule has 0 radical (unpaired) electrons. The molecule has 28 heavy (non-hydrogen) atoms. The van der Waals surface area contributed by atoms with Gasteiger partial charge in [0.05, 0.1) is 17.3 Å². The van der Waals surface area contributed by atoms with Gasteiger partial charge >= 0.3 is 0 Å². The van der Waals surface area contributed by atoms with Crippen molar-refractivity contribution in [3.63, 3.8) is 0 Å². The number of rotatable bonds is 4. The highest BCUT2D eigenvalue weighted by atomic mass is 16.2. The number of nitrogens with zero attached hydrogens (tertiary/aromatic N) is 4. The van der Waals surface area contributed by atoms with Crippen molar-refractivity contribution in [3.8, 4) is 0 Å². The van der Waals surface area contributed by atoms with E-state index in [9.17, 15) is 4.79 Å². The molecule has 1 unspecified atom stereocenters. The van der Waals surface area contributed by atoms with Gasteiger partial charge in [-0.2, -0.15) is 0 Å². The number of benzene rings is 1. The van der Waals surface area contributed by atoms with Crippen molar-refractivity contribution in [1.82, 2.24) is 24.8 Å². The third kappa shape index (κ3) is 3.64. The summed E-state index contributed by atoms with van der Waals surface area (Å²) in [6.07, 6.45) is 7.09. The quantitative estimate of drug-likeness (QED) is 0.753. The Morgan fingerprint density at radius 2 is 2.14 bits per heavy atom. The first-order chi connectivity index (χ1) is 13.5. The molecule has 1 fully saturated rings. The van der Waals surface area contributed by atoms with Gasteiger partial charge in [0, 0.05) is 38.6 Å². The fourth-order valence-corrected chi connectivity index (χ4v) is 4.00. The SMILES string of the molecule is Cc1nc(C2CCCCN2Cc2ccc3[nH]ccc3c2)ncc1C(=O)N(C)C. The van der Waals surface area contributed by atoms with Gasteiger partial charge in [0.2, 0.25) is 0 Å². The molecule has 0 saturated carbocycles. The summed E-state index contributed by atoms with van der Waals surface area (Å²) in [5.74, 6) is 0.777. The van der Waals surface area contributed by atoms with Crippen molar-refractivity contribution in [2.24, 2.45) is 0 Å². The van der Waals surface area contributed by atoms with Crippen LogP contribution in [0.5, 0.6) is 0 Å². The van der Waals surface area contributed by atoms with E-state index in [0.29, 0.717) is 5.56 Å². The van der Waals surface area contributed by atoms with Gasteiger partial charge in [-0.1, -0.05) is 12.5 Å². The lowest BCUT2D eigenvalue weighted by Gasteiger charge is -2.35. The first-order valence-electron chi connectivity index (χ1n) is 9.88. The van der Waals surface area contributed by atoms with Crippen LogP contribution in [0.25, 0.3) is 10.9 Å². The molecule has 6 nitrogen and oxygen atoms in total. The number of nitrogens with one attached hydrogen (secondary N) is 1. The topological polar surface area (TPSA) is 65.1 Å². The molecule has 0 bridgehead atoms. The number of aromatic amines is 1. The number of hydrogen-bond acceptors (Lipinski definition) is 4. The Balaban J connectivity index is 1.58. The third-order valence-corrected chi connectivity index (χ3v) is 5.55. The van der Waals surface area contributed by atoms with Gasteiger partial charge in [-0.15, -0.1) is 0 Å². The Bertz CT molecular complexity index is 994. The number of amides is 1. The highest BCUT2D eigenvalue weighted by Crippen LogP contribution is 2.31. The minimum Gasteiger partial charge on any atom is -0.361 e. The smallest absolute Gasteiger partial charge is 0.256 e. The van der Waals surface area contributed by atoms with Crippen molar-refractivity contribution in [1.29, 1.82) is 0 Å².